The number of nitrogens with one attached hydrogen (secondary N) is 2. The molecule has 10 heteroatoms. The van der Waals surface area contributed by atoms with Gasteiger partial charge in [0.1, 0.15) is 6.04 Å². The Morgan fingerprint density at radius 3 is 2.38 bits per heavy atom. The van der Waals surface area contributed by atoms with E-state index in [-0.39, 0.29) is 31.4 Å². The van der Waals surface area contributed by atoms with Crippen LogP contribution in [0.15, 0.2) is 4.99 Å². The Bertz CT molecular complexity index is 464. The third kappa shape index (κ3) is 8.93. The summed E-state index contributed by atoms with van der Waals surface area (Å²) in [5.74, 6) is -2.31. The van der Waals surface area contributed by atoms with Crippen LogP contribution >= 0.6 is 0 Å². The number of carboxylic acids is 1. The van der Waals surface area contributed by atoms with Crippen molar-refractivity contribution < 1.29 is 19.5 Å². The van der Waals surface area contributed by atoms with Crippen molar-refractivity contribution in [2.75, 3.05) is 13.1 Å². The zero-order chi connectivity index (χ0) is 18.7. The van der Waals surface area contributed by atoms with Gasteiger partial charge in [0.15, 0.2) is 5.96 Å². The zero-order valence-electron chi connectivity index (χ0n) is 14.1. The van der Waals surface area contributed by atoms with Gasteiger partial charge < -0.3 is 32.9 Å². The number of hydrogen-bond donors (Lipinski definition) is 6. The van der Waals surface area contributed by atoms with Gasteiger partial charge in [-0.25, -0.2) is 4.79 Å². The second kappa shape index (κ2) is 11.2. The molecular formula is C14H28N6O4. The van der Waals surface area contributed by atoms with Crippen LogP contribution < -0.4 is 27.8 Å². The number of nitrogens with zero attached hydrogens (tertiary/aromatic N) is 1. The average molecular weight is 344 g/mol. The SMILES string of the molecule is CCC(C)C(N)C(=O)NCC(=O)NC(CCCN=C(N)N)C(=O)O. The first-order valence-corrected chi connectivity index (χ1v) is 7.79. The van der Waals surface area contributed by atoms with Crippen LogP contribution in [0.4, 0.5) is 0 Å². The molecule has 0 fully saturated rings. The molecule has 3 unspecified atom stereocenters. The van der Waals surface area contributed by atoms with Gasteiger partial charge >= 0.3 is 5.97 Å². The summed E-state index contributed by atoms with van der Waals surface area (Å²) in [4.78, 5) is 38.4. The van der Waals surface area contributed by atoms with Gasteiger partial charge in [0.25, 0.3) is 0 Å². The van der Waals surface area contributed by atoms with E-state index in [1.165, 1.54) is 0 Å². The molecule has 0 aliphatic carbocycles. The first kappa shape index (κ1) is 21.6. The fraction of sp³-hybridized carbons (Fsp3) is 0.714. The number of aliphatic carboxylic acids is 1. The van der Waals surface area contributed by atoms with Crippen LogP contribution in [0, 0.1) is 5.92 Å². The first-order valence-electron chi connectivity index (χ1n) is 7.79. The predicted octanol–water partition coefficient (Wildman–Crippen LogP) is -1.90. The summed E-state index contributed by atoms with van der Waals surface area (Å²) in [5.41, 5.74) is 16.1. The van der Waals surface area contributed by atoms with Gasteiger partial charge in [-0.1, -0.05) is 20.3 Å². The molecule has 138 valence electrons. The quantitative estimate of drug-likeness (QED) is 0.143. The van der Waals surface area contributed by atoms with Crippen LogP contribution in [0.1, 0.15) is 33.1 Å². The maximum absolute atomic E-state index is 11.8. The summed E-state index contributed by atoms with van der Waals surface area (Å²) >= 11 is 0. The smallest absolute Gasteiger partial charge is 0.326 e. The molecule has 0 saturated carbocycles. The van der Waals surface area contributed by atoms with E-state index in [9.17, 15) is 14.4 Å². The fourth-order valence-corrected chi connectivity index (χ4v) is 1.80. The Kier molecular flexibility index (Phi) is 10.1. The number of carbonyl (C=O) groups excluding carboxylic acids is 2. The van der Waals surface area contributed by atoms with Crippen molar-refractivity contribution in [1.29, 1.82) is 0 Å². The third-order valence-corrected chi connectivity index (χ3v) is 3.56. The Morgan fingerprint density at radius 1 is 1.25 bits per heavy atom. The van der Waals surface area contributed by atoms with Gasteiger partial charge in [-0.3, -0.25) is 14.6 Å². The zero-order valence-corrected chi connectivity index (χ0v) is 14.1. The van der Waals surface area contributed by atoms with Gasteiger partial charge in [-0.2, -0.15) is 0 Å². The van der Waals surface area contributed by atoms with E-state index in [1.807, 2.05) is 13.8 Å². The lowest BCUT2D eigenvalue weighted by Gasteiger charge is -2.18. The molecule has 0 aromatic rings. The number of aliphatic imine (C=N–C) groups is 1. The second-order valence-corrected chi connectivity index (χ2v) is 5.54. The second-order valence-electron chi connectivity index (χ2n) is 5.54. The highest BCUT2D eigenvalue weighted by molar-refractivity contribution is 5.89. The summed E-state index contributed by atoms with van der Waals surface area (Å²) in [6.07, 6.45) is 1.29. The van der Waals surface area contributed by atoms with E-state index in [0.717, 1.165) is 6.42 Å². The summed E-state index contributed by atoms with van der Waals surface area (Å²) in [5, 5.41) is 13.8. The molecule has 0 spiro atoms. The molecule has 24 heavy (non-hydrogen) atoms. The molecule has 10 nitrogen and oxygen atoms in total. The van der Waals surface area contributed by atoms with Gasteiger partial charge in [0.2, 0.25) is 11.8 Å². The lowest BCUT2D eigenvalue weighted by Crippen LogP contribution is -2.50. The molecule has 0 aliphatic rings. The lowest BCUT2D eigenvalue weighted by molar-refractivity contribution is -0.142. The summed E-state index contributed by atoms with van der Waals surface area (Å²) in [7, 11) is 0. The van der Waals surface area contributed by atoms with Gasteiger partial charge in [-0.15, -0.1) is 0 Å². The fourth-order valence-electron chi connectivity index (χ4n) is 1.80. The van der Waals surface area contributed by atoms with E-state index in [0.29, 0.717) is 6.42 Å². The van der Waals surface area contributed by atoms with Crippen LogP contribution in [0.2, 0.25) is 0 Å². The Morgan fingerprint density at radius 2 is 1.88 bits per heavy atom. The number of carboxylic acid groups (broad SMARTS) is 1. The lowest BCUT2D eigenvalue weighted by atomic mass is 9.99. The molecular weight excluding hydrogens is 316 g/mol. The summed E-state index contributed by atoms with van der Waals surface area (Å²) in [6, 6.07) is -1.79. The largest absolute Gasteiger partial charge is 0.480 e. The highest BCUT2D eigenvalue weighted by Gasteiger charge is 2.22. The minimum Gasteiger partial charge on any atom is -0.480 e. The van der Waals surface area contributed by atoms with Crippen molar-refractivity contribution >= 4 is 23.7 Å². The van der Waals surface area contributed by atoms with Crippen molar-refractivity contribution in [2.24, 2.45) is 28.1 Å². The van der Waals surface area contributed by atoms with Crippen molar-refractivity contribution in [3.8, 4) is 0 Å². The normalized spacial score (nSPS) is 14.1. The monoisotopic (exact) mass is 344 g/mol. The number of rotatable bonds is 11. The van der Waals surface area contributed by atoms with Crippen molar-refractivity contribution in [3.05, 3.63) is 0 Å². The predicted molar refractivity (Wildman–Crippen MR) is 89.9 cm³/mol. The standard InChI is InChI=1S/C14H28N6O4/c1-3-8(2)11(15)12(22)19-7-10(21)20-9(13(23)24)5-4-6-18-14(16)17/h8-9,11H,3-7,15H2,1-2H3,(H,19,22)(H,20,21)(H,23,24)(H4,16,17,18). The topological polar surface area (TPSA) is 186 Å². The number of guanidine groups is 1. The van der Waals surface area contributed by atoms with E-state index in [4.69, 9.17) is 22.3 Å². The van der Waals surface area contributed by atoms with Gasteiger partial charge in [0.05, 0.1) is 12.6 Å². The van der Waals surface area contributed by atoms with E-state index in [2.05, 4.69) is 15.6 Å². The maximum Gasteiger partial charge on any atom is 0.326 e. The molecule has 0 bridgehead atoms. The Balaban J connectivity index is 4.31. The average Bonchev–Trinajstić information content (AvgIpc) is 2.53. The van der Waals surface area contributed by atoms with Gasteiger partial charge in [-0.05, 0) is 18.8 Å². The minimum absolute atomic E-state index is 0.0182. The Hall–Kier alpha value is -2.36. The number of nitrogens with two attached hydrogens (primary N) is 3. The molecule has 0 rings (SSSR count). The molecule has 9 N–H and O–H groups in total. The molecule has 3 atom stereocenters. The number of carbonyl (C=O) groups is 3. The number of hydrogen-bond acceptors (Lipinski definition) is 5. The Labute approximate surface area is 141 Å². The molecule has 0 radical (unpaired) electrons. The minimum atomic E-state index is -1.17. The molecule has 0 aromatic heterocycles. The maximum atomic E-state index is 11.8. The van der Waals surface area contributed by atoms with Crippen LogP contribution in [-0.2, 0) is 14.4 Å². The molecule has 0 heterocycles. The molecule has 0 aliphatic heterocycles. The molecule has 0 aromatic carbocycles. The van der Waals surface area contributed by atoms with E-state index < -0.39 is 29.9 Å². The van der Waals surface area contributed by atoms with Crippen LogP contribution in [0.5, 0.6) is 0 Å². The summed E-state index contributed by atoms with van der Waals surface area (Å²) < 4.78 is 0. The van der Waals surface area contributed by atoms with Crippen molar-refractivity contribution in [2.45, 2.75) is 45.2 Å². The van der Waals surface area contributed by atoms with Crippen molar-refractivity contribution in [3.63, 3.8) is 0 Å². The molecule has 2 amide bonds. The van der Waals surface area contributed by atoms with E-state index >= 15 is 0 Å². The van der Waals surface area contributed by atoms with Crippen LogP contribution in [-0.4, -0.2) is 54.0 Å². The van der Waals surface area contributed by atoms with Crippen LogP contribution in [0.25, 0.3) is 0 Å². The number of amides is 2. The van der Waals surface area contributed by atoms with Crippen molar-refractivity contribution in [1.82, 2.24) is 10.6 Å². The highest BCUT2D eigenvalue weighted by Crippen LogP contribution is 2.04. The van der Waals surface area contributed by atoms with Gasteiger partial charge in [0, 0.05) is 6.54 Å². The summed E-state index contributed by atoms with van der Waals surface area (Å²) in [6.45, 7) is 3.68. The molecule has 0 saturated heterocycles. The van der Waals surface area contributed by atoms with Crippen LogP contribution in [0.3, 0.4) is 0 Å². The highest BCUT2D eigenvalue weighted by atomic mass is 16.4. The third-order valence-electron chi connectivity index (χ3n) is 3.56. The first-order chi connectivity index (χ1) is 11.2. The van der Waals surface area contributed by atoms with E-state index in [1.54, 1.807) is 0 Å².